The summed E-state index contributed by atoms with van der Waals surface area (Å²) in [5, 5.41) is 0. The summed E-state index contributed by atoms with van der Waals surface area (Å²) in [5.74, 6) is -1.33. The Bertz CT molecular complexity index is 1060. The number of fused-ring (bicyclic) bond motifs is 1. The zero-order valence-corrected chi connectivity index (χ0v) is 17.8. The predicted octanol–water partition coefficient (Wildman–Crippen LogP) is 5.69. The second kappa shape index (κ2) is 7.69. The number of imide groups is 1. The minimum absolute atomic E-state index is 0.121. The molecule has 4 atom stereocenters. The third-order valence-electron chi connectivity index (χ3n) is 6.13. The van der Waals surface area contributed by atoms with Crippen LogP contribution in [-0.2, 0) is 9.59 Å². The van der Waals surface area contributed by atoms with Crippen LogP contribution < -0.4 is 4.90 Å². The molecule has 0 aromatic heterocycles. The van der Waals surface area contributed by atoms with E-state index in [-0.39, 0.29) is 23.7 Å². The van der Waals surface area contributed by atoms with E-state index < -0.39 is 11.8 Å². The maximum Gasteiger partial charge on any atom is 0.238 e. The van der Waals surface area contributed by atoms with Crippen molar-refractivity contribution in [1.82, 2.24) is 0 Å². The Morgan fingerprint density at radius 3 is 1.60 bits per heavy atom. The average molecular weight is 458 g/mol. The molecule has 3 aromatic carbocycles. The van der Waals surface area contributed by atoms with Crippen molar-refractivity contribution < 1.29 is 9.59 Å². The normalized spacial score (nSPS) is 25.4. The molecular weight excluding hydrogens is 438 g/mol. The highest BCUT2D eigenvalue weighted by atomic mass is 79.9. The van der Waals surface area contributed by atoms with Gasteiger partial charge in [-0.2, -0.15) is 0 Å². The van der Waals surface area contributed by atoms with Crippen molar-refractivity contribution in [3.05, 3.63) is 113 Å². The highest BCUT2D eigenvalue weighted by Gasteiger charge is 2.55. The molecule has 30 heavy (non-hydrogen) atoms. The Hall–Kier alpha value is -2.98. The van der Waals surface area contributed by atoms with Gasteiger partial charge in [-0.3, -0.25) is 9.59 Å². The number of amides is 2. The van der Waals surface area contributed by atoms with Gasteiger partial charge in [-0.1, -0.05) is 94.8 Å². The van der Waals surface area contributed by atoms with E-state index in [4.69, 9.17) is 0 Å². The number of carbonyl (C=O) groups is 2. The second-order valence-electron chi connectivity index (χ2n) is 7.80. The first-order valence-corrected chi connectivity index (χ1v) is 10.9. The van der Waals surface area contributed by atoms with Crippen molar-refractivity contribution in [2.45, 2.75) is 11.8 Å². The Labute approximate surface area is 184 Å². The molecule has 1 saturated heterocycles. The zero-order chi connectivity index (χ0) is 20.7. The van der Waals surface area contributed by atoms with Crippen LogP contribution >= 0.6 is 15.9 Å². The Kier molecular flexibility index (Phi) is 4.87. The van der Waals surface area contributed by atoms with E-state index >= 15 is 0 Å². The number of halogens is 1. The van der Waals surface area contributed by atoms with Crippen LogP contribution in [0.2, 0.25) is 0 Å². The molecule has 0 unspecified atom stereocenters. The second-order valence-corrected chi connectivity index (χ2v) is 8.72. The first-order chi connectivity index (χ1) is 14.6. The molecule has 1 fully saturated rings. The minimum Gasteiger partial charge on any atom is -0.274 e. The third kappa shape index (κ3) is 3.12. The fourth-order valence-corrected chi connectivity index (χ4v) is 5.19. The van der Waals surface area contributed by atoms with Crippen molar-refractivity contribution in [1.29, 1.82) is 0 Å². The number of allylic oxidation sites excluding steroid dienone is 2. The first kappa shape index (κ1) is 19.0. The van der Waals surface area contributed by atoms with Gasteiger partial charge in [-0.25, -0.2) is 4.90 Å². The number of rotatable bonds is 3. The van der Waals surface area contributed by atoms with Crippen LogP contribution in [0.25, 0.3) is 0 Å². The highest BCUT2D eigenvalue weighted by Crippen LogP contribution is 2.50. The summed E-state index contributed by atoms with van der Waals surface area (Å²) in [7, 11) is 0. The van der Waals surface area contributed by atoms with Crippen LogP contribution in [0.1, 0.15) is 23.0 Å². The Morgan fingerprint density at radius 1 is 0.633 bits per heavy atom. The molecule has 0 radical (unpaired) electrons. The summed E-state index contributed by atoms with van der Waals surface area (Å²) in [6.07, 6.45) is 4.23. The summed E-state index contributed by atoms with van der Waals surface area (Å²) >= 11 is 3.46. The Morgan fingerprint density at radius 2 is 1.13 bits per heavy atom. The van der Waals surface area contributed by atoms with E-state index in [1.807, 2.05) is 84.9 Å². The molecule has 2 amide bonds. The molecule has 3 aromatic rings. The standard InChI is InChI=1S/C26H20BrNO2/c27-19-12-7-13-20(16-19)28-25(29)23-21(17-8-3-1-4-9-17)14-15-22(24(23)26(28)30)18-10-5-2-6-11-18/h1-16,21-24H/t21-,22-,23+,24+/m1/s1. The summed E-state index contributed by atoms with van der Waals surface area (Å²) in [6, 6.07) is 27.4. The van der Waals surface area contributed by atoms with Crippen LogP contribution in [0.3, 0.4) is 0 Å². The number of nitrogens with zero attached hydrogens (tertiary/aromatic N) is 1. The van der Waals surface area contributed by atoms with Crippen molar-refractivity contribution in [2.75, 3.05) is 4.90 Å². The molecule has 1 aliphatic carbocycles. The molecule has 1 heterocycles. The molecule has 148 valence electrons. The van der Waals surface area contributed by atoms with Crippen LogP contribution in [0.4, 0.5) is 5.69 Å². The monoisotopic (exact) mass is 457 g/mol. The molecule has 1 aliphatic heterocycles. The zero-order valence-electron chi connectivity index (χ0n) is 16.2. The lowest BCUT2D eigenvalue weighted by Crippen LogP contribution is -2.31. The topological polar surface area (TPSA) is 37.4 Å². The van der Waals surface area contributed by atoms with E-state index in [9.17, 15) is 9.59 Å². The number of hydrogen-bond donors (Lipinski definition) is 0. The van der Waals surface area contributed by atoms with Crippen LogP contribution in [0.5, 0.6) is 0 Å². The van der Waals surface area contributed by atoms with E-state index in [0.29, 0.717) is 5.69 Å². The fraction of sp³-hybridized carbons (Fsp3) is 0.154. The SMILES string of the molecule is O=C1[C@@H]2[C@@H](C(=O)N1c1cccc(Br)c1)[C@@H](c1ccccc1)C=C[C@@H]2c1ccccc1. The van der Waals surface area contributed by atoms with Crippen LogP contribution in [-0.4, -0.2) is 11.8 Å². The average Bonchev–Trinajstić information content (AvgIpc) is 3.05. The predicted molar refractivity (Wildman–Crippen MR) is 121 cm³/mol. The van der Waals surface area contributed by atoms with E-state index in [1.54, 1.807) is 0 Å². The van der Waals surface area contributed by atoms with Crippen molar-refractivity contribution in [3.63, 3.8) is 0 Å². The molecule has 3 nitrogen and oxygen atoms in total. The number of anilines is 1. The molecule has 5 rings (SSSR count). The van der Waals surface area contributed by atoms with Gasteiger partial charge < -0.3 is 0 Å². The van der Waals surface area contributed by atoms with E-state index in [2.05, 4.69) is 28.1 Å². The lowest BCUT2D eigenvalue weighted by atomic mass is 9.68. The lowest BCUT2D eigenvalue weighted by molar-refractivity contribution is -0.122. The van der Waals surface area contributed by atoms with E-state index in [0.717, 1.165) is 15.6 Å². The van der Waals surface area contributed by atoms with Crippen LogP contribution in [0.15, 0.2) is 102 Å². The Balaban J connectivity index is 1.64. The van der Waals surface area contributed by atoms with Crippen molar-refractivity contribution >= 4 is 33.4 Å². The highest BCUT2D eigenvalue weighted by molar-refractivity contribution is 9.10. The molecule has 4 heteroatoms. The largest absolute Gasteiger partial charge is 0.274 e. The van der Waals surface area contributed by atoms with Crippen LogP contribution in [0, 0.1) is 11.8 Å². The van der Waals surface area contributed by atoms with Gasteiger partial charge in [0.15, 0.2) is 0 Å². The summed E-state index contributed by atoms with van der Waals surface area (Å²) in [6.45, 7) is 0. The van der Waals surface area contributed by atoms with Gasteiger partial charge in [-0.15, -0.1) is 0 Å². The van der Waals surface area contributed by atoms with Gasteiger partial charge in [0.25, 0.3) is 0 Å². The van der Waals surface area contributed by atoms with E-state index in [1.165, 1.54) is 4.90 Å². The van der Waals surface area contributed by atoms with Gasteiger partial charge in [0.1, 0.15) is 0 Å². The molecule has 0 bridgehead atoms. The maximum absolute atomic E-state index is 13.7. The van der Waals surface area contributed by atoms with Gasteiger partial charge in [0.2, 0.25) is 11.8 Å². The lowest BCUT2D eigenvalue weighted by Gasteiger charge is -2.32. The molecule has 0 spiro atoms. The van der Waals surface area contributed by atoms with Gasteiger partial charge in [0, 0.05) is 16.3 Å². The number of hydrogen-bond acceptors (Lipinski definition) is 2. The smallest absolute Gasteiger partial charge is 0.238 e. The number of benzene rings is 3. The maximum atomic E-state index is 13.7. The number of carbonyl (C=O) groups excluding carboxylic acids is 2. The van der Waals surface area contributed by atoms with Crippen molar-refractivity contribution in [3.8, 4) is 0 Å². The molecular formula is C26H20BrNO2. The van der Waals surface area contributed by atoms with Crippen molar-refractivity contribution in [2.24, 2.45) is 11.8 Å². The first-order valence-electron chi connectivity index (χ1n) is 10.1. The molecule has 0 N–H and O–H groups in total. The van der Waals surface area contributed by atoms with Gasteiger partial charge in [0.05, 0.1) is 17.5 Å². The third-order valence-corrected chi connectivity index (χ3v) is 6.63. The molecule has 2 aliphatic rings. The summed E-state index contributed by atoms with van der Waals surface area (Å²) in [4.78, 5) is 28.7. The molecule has 0 saturated carbocycles. The fourth-order valence-electron chi connectivity index (χ4n) is 4.80. The summed E-state index contributed by atoms with van der Waals surface area (Å²) < 4.78 is 0.841. The van der Waals surface area contributed by atoms with Gasteiger partial charge in [-0.05, 0) is 29.3 Å². The quantitative estimate of drug-likeness (QED) is 0.374. The summed E-state index contributed by atoms with van der Waals surface area (Å²) in [5.41, 5.74) is 2.74. The van der Waals surface area contributed by atoms with Gasteiger partial charge >= 0.3 is 0 Å². The minimum atomic E-state index is -0.422.